The van der Waals surface area contributed by atoms with Crippen LogP contribution in [0.15, 0.2) is 77.7 Å². The average molecular weight is 450 g/mol. The van der Waals surface area contributed by atoms with Gasteiger partial charge in [-0.2, -0.15) is 0 Å². The van der Waals surface area contributed by atoms with Crippen LogP contribution in [-0.2, 0) is 16.6 Å². The Kier molecular flexibility index (Phi) is 6.68. The minimum absolute atomic E-state index is 0.0590. The molecule has 0 aliphatic rings. The van der Waals surface area contributed by atoms with Crippen molar-refractivity contribution in [1.82, 2.24) is 5.32 Å². The van der Waals surface area contributed by atoms with Crippen LogP contribution in [0.3, 0.4) is 0 Å². The molecule has 0 spiro atoms. The Morgan fingerprint density at radius 3 is 2.45 bits per heavy atom. The molecule has 0 radical (unpaired) electrons. The van der Waals surface area contributed by atoms with Crippen molar-refractivity contribution in [2.75, 3.05) is 10.0 Å². The van der Waals surface area contributed by atoms with Crippen molar-refractivity contribution >= 4 is 50.3 Å². The Labute approximate surface area is 179 Å². The zero-order valence-corrected chi connectivity index (χ0v) is 17.4. The summed E-state index contributed by atoms with van der Waals surface area (Å²) in [5.41, 5.74) is 1.66. The van der Waals surface area contributed by atoms with Gasteiger partial charge in [-0.3, -0.25) is 4.72 Å². The van der Waals surface area contributed by atoms with Gasteiger partial charge in [0, 0.05) is 12.2 Å². The molecule has 0 atom stereocenters. The van der Waals surface area contributed by atoms with Crippen LogP contribution >= 0.6 is 23.8 Å². The summed E-state index contributed by atoms with van der Waals surface area (Å²) < 4.78 is 40.7. The third kappa shape index (κ3) is 5.90. The molecule has 150 valence electrons. The van der Waals surface area contributed by atoms with Crippen LogP contribution < -0.4 is 15.4 Å². The lowest BCUT2D eigenvalue weighted by Crippen LogP contribution is -2.28. The molecule has 0 unspecified atom stereocenters. The molecule has 0 aliphatic heterocycles. The van der Waals surface area contributed by atoms with E-state index in [0.717, 1.165) is 5.56 Å². The largest absolute Gasteiger partial charge is 0.358 e. The van der Waals surface area contributed by atoms with Crippen molar-refractivity contribution in [3.8, 4) is 0 Å². The number of anilines is 2. The maximum atomic E-state index is 12.9. The van der Waals surface area contributed by atoms with Crippen molar-refractivity contribution in [3.63, 3.8) is 0 Å². The number of thiocarbonyl (C=S) groups is 1. The molecule has 3 rings (SSSR count). The summed E-state index contributed by atoms with van der Waals surface area (Å²) in [5.74, 6) is -0.308. The summed E-state index contributed by atoms with van der Waals surface area (Å²) in [5, 5.41) is 6.54. The number of hydrogen-bond donors (Lipinski definition) is 3. The fourth-order valence-corrected chi connectivity index (χ4v) is 4.00. The number of halogens is 2. The quantitative estimate of drug-likeness (QED) is 0.473. The fourth-order valence-electron chi connectivity index (χ4n) is 2.45. The van der Waals surface area contributed by atoms with E-state index in [1.54, 1.807) is 48.5 Å². The Morgan fingerprint density at radius 1 is 1.00 bits per heavy atom. The van der Waals surface area contributed by atoms with E-state index in [9.17, 15) is 12.8 Å². The molecular formula is C20H17ClFN3O2S2. The number of benzene rings is 3. The molecule has 3 N–H and O–H groups in total. The highest BCUT2D eigenvalue weighted by molar-refractivity contribution is 7.92. The van der Waals surface area contributed by atoms with Crippen molar-refractivity contribution in [1.29, 1.82) is 0 Å². The normalized spacial score (nSPS) is 11.0. The standard InChI is InChI=1S/C20H17ClFN3O2S2/c21-18-6-1-2-7-19(18)25-29(26,27)17-5-3-4-16(12-17)24-20(28)23-13-14-8-10-15(22)11-9-14/h1-12,25H,13H2,(H2,23,24,28). The topological polar surface area (TPSA) is 70.2 Å². The molecule has 0 heterocycles. The van der Waals surface area contributed by atoms with Gasteiger partial charge in [0.15, 0.2) is 5.11 Å². The molecule has 3 aromatic carbocycles. The Bertz CT molecular complexity index is 1120. The third-order valence-electron chi connectivity index (χ3n) is 3.89. The molecule has 29 heavy (non-hydrogen) atoms. The van der Waals surface area contributed by atoms with E-state index in [-0.39, 0.29) is 10.7 Å². The van der Waals surface area contributed by atoms with Crippen molar-refractivity contribution < 1.29 is 12.8 Å². The highest BCUT2D eigenvalue weighted by Crippen LogP contribution is 2.25. The molecule has 3 aromatic rings. The predicted octanol–water partition coefficient (Wildman–Crippen LogP) is 4.77. The van der Waals surface area contributed by atoms with Gasteiger partial charge in [-0.15, -0.1) is 0 Å². The number of hydrogen-bond acceptors (Lipinski definition) is 3. The molecule has 0 saturated heterocycles. The van der Waals surface area contributed by atoms with E-state index in [4.69, 9.17) is 23.8 Å². The van der Waals surface area contributed by atoms with Gasteiger partial charge in [-0.25, -0.2) is 12.8 Å². The van der Waals surface area contributed by atoms with Crippen molar-refractivity contribution in [2.45, 2.75) is 11.4 Å². The van der Waals surface area contributed by atoms with E-state index in [0.29, 0.717) is 28.1 Å². The number of sulfonamides is 1. The fraction of sp³-hybridized carbons (Fsp3) is 0.0500. The lowest BCUT2D eigenvalue weighted by molar-refractivity contribution is 0.601. The van der Waals surface area contributed by atoms with Gasteiger partial charge in [0.25, 0.3) is 10.0 Å². The molecular weight excluding hydrogens is 433 g/mol. The summed E-state index contributed by atoms with van der Waals surface area (Å²) in [6.07, 6.45) is 0. The van der Waals surface area contributed by atoms with Gasteiger partial charge in [-0.05, 0) is 60.2 Å². The van der Waals surface area contributed by atoms with Crippen LogP contribution in [0.4, 0.5) is 15.8 Å². The van der Waals surface area contributed by atoms with Gasteiger partial charge < -0.3 is 10.6 Å². The first-order valence-electron chi connectivity index (χ1n) is 8.50. The van der Waals surface area contributed by atoms with E-state index in [1.807, 2.05) is 0 Å². The second-order valence-corrected chi connectivity index (χ2v) is 8.55. The van der Waals surface area contributed by atoms with Gasteiger partial charge in [0.05, 0.1) is 15.6 Å². The van der Waals surface area contributed by atoms with Crippen LogP contribution in [-0.4, -0.2) is 13.5 Å². The van der Waals surface area contributed by atoms with Crippen LogP contribution in [0.1, 0.15) is 5.56 Å². The molecule has 0 bridgehead atoms. The summed E-state index contributed by atoms with van der Waals surface area (Å²) in [6.45, 7) is 0.401. The van der Waals surface area contributed by atoms with Crippen molar-refractivity contribution in [2.24, 2.45) is 0 Å². The second-order valence-electron chi connectivity index (χ2n) is 6.05. The van der Waals surface area contributed by atoms with Crippen LogP contribution in [0.25, 0.3) is 0 Å². The Morgan fingerprint density at radius 2 is 1.72 bits per heavy atom. The average Bonchev–Trinajstić information content (AvgIpc) is 2.69. The summed E-state index contributed by atoms with van der Waals surface area (Å²) in [6, 6.07) is 18.9. The summed E-state index contributed by atoms with van der Waals surface area (Å²) in [7, 11) is -3.83. The van der Waals surface area contributed by atoms with Gasteiger partial charge in [0.2, 0.25) is 0 Å². The lowest BCUT2D eigenvalue weighted by atomic mass is 10.2. The Hall–Kier alpha value is -2.68. The van der Waals surface area contributed by atoms with E-state index in [2.05, 4.69) is 15.4 Å². The minimum Gasteiger partial charge on any atom is -0.358 e. The zero-order valence-electron chi connectivity index (χ0n) is 15.0. The third-order valence-corrected chi connectivity index (χ3v) is 5.83. The monoisotopic (exact) mass is 449 g/mol. The van der Waals surface area contributed by atoms with Crippen LogP contribution in [0.5, 0.6) is 0 Å². The highest BCUT2D eigenvalue weighted by atomic mass is 35.5. The smallest absolute Gasteiger partial charge is 0.262 e. The second kappa shape index (κ2) is 9.21. The van der Waals surface area contributed by atoms with Gasteiger partial charge in [-0.1, -0.05) is 41.9 Å². The molecule has 5 nitrogen and oxygen atoms in total. The van der Waals surface area contributed by atoms with Crippen molar-refractivity contribution in [3.05, 3.63) is 89.2 Å². The SMILES string of the molecule is O=S(=O)(Nc1ccccc1Cl)c1cccc(NC(=S)NCc2ccc(F)cc2)c1. The maximum Gasteiger partial charge on any atom is 0.262 e. The van der Waals surface area contributed by atoms with Gasteiger partial charge >= 0.3 is 0 Å². The molecule has 0 saturated carbocycles. The number of rotatable bonds is 6. The number of para-hydroxylation sites is 1. The first-order valence-corrected chi connectivity index (χ1v) is 10.8. The highest BCUT2D eigenvalue weighted by Gasteiger charge is 2.16. The van der Waals surface area contributed by atoms with Gasteiger partial charge in [0.1, 0.15) is 5.82 Å². The predicted molar refractivity (Wildman–Crippen MR) is 118 cm³/mol. The molecule has 0 amide bonds. The summed E-state index contributed by atoms with van der Waals surface area (Å²) >= 11 is 11.3. The molecule has 0 aromatic heterocycles. The van der Waals surface area contributed by atoms with E-state index < -0.39 is 10.0 Å². The van der Waals surface area contributed by atoms with E-state index >= 15 is 0 Å². The first kappa shape index (κ1) is 21.0. The Balaban J connectivity index is 1.66. The molecule has 0 fully saturated rings. The van der Waals surface area contributed by atoms with E-state index in [1.165, 1.54) is 24.3 Å². The first-order chi connectivity index (χ1) is 13.8. The minimum atomic E-state index is -3.83. The lowest BCUT2D eigenvalue weighted by Gasteiger charge is -2.13. The van der Waals surface area contributed by atoms with Crippen LogP contribution in [0.2, 0.25) is 5.02 Å². The summed E-state index contributed by atoms with van der Waals surface area (Å²) in [4.78, 5) is 0.0590. The maximum absolute atomic E-state index is 12.9. The molecule has 9 heteroatoms. The molecule has 0 aliphatic carbocycles. The number of nitrogens with one attached hydrogen (secondary N) is 3. The zero-order chi connectivity index (χ0) is 20.9. The van der Waals surface area contributed by atoms with Crippen LogP contribution in [0, 0.1) is 5.82 Å².